The lowest BCUT2D eigenvalue weighted by Crippen LogP contribution is -2.35. The van der Waals surface area contributed by atoms with Crippen LogP contribution in [0.3, 0.4) is 0 Å². The summed E-state index contributed by atoms with van der Waals surface area (Å²) in [6.07, 6.45) is 2.03. The van der Waals surface area contributed by atoms with Crippen molar-refractivity contribution in [2.45, 2.75) is 25.9 Å². The lowest BCUT2D eigenvalue weighted by molar-refractivity contribution is -0.385. The highest BCUT2D eigenvalue weighted by atomic mass is 32.1. The van der Waals surface area contributed by atoms with Crippen LogP contribution in [-0.4, -0.2) is 36.1 Å². The first-order valence-electron chi connectivity index (χ1n) is 8.75. The molecule has 9 nitrogen and oxygen atoms in total. The van der Waals surface area contributed by atoms with Crippen LogP contribution in [0.25, 0.3) is 0 Å². The first kappa shape index (κ1) is 19.8. The monoisotopic (exact) mass is 404 g/mol. The van der Waals surface area contributed by atoms with Crippen molar-refractivity contribution in [1.29, 1.82) is 0 Å². The number of urea groups is 1. The van der Waals surface area contributed by atoms with Gasteiger partial charge in [0.1, 0.15) is 0 Å². The van der Waals surface area contributed by atoms with Gasteiger partial charge in [-0.2, -0.15) is 0 Å². The van der Waals surface area contributed by atoms with E-state index >= 15 is 0 Å². The number of anilines is 2. The Bertz CT molecular complexity index is 875. The molecule has 0 spiro atoms. The number of thiophene rings is 1. The Hall–Kier alpha value is -2.98. The van der Waals surface area contributed by atoms with Gasteiger partial charge in [0.25, 0.3) is 11.6 Å². The van der Waals surface area contributed by atoms with E-state index in [1.54, 1.807) is 31.2 Å². The molecule has 1 aliphatic heterocycles. The van der Waals surface area contributed by atoms with Crippen molar-refractivity contribution in [2.75, 3.05) is 23.8 Å². The van der Waals surface area contributed by atoms with E-state index in [0.717, 1.165) is 30.8 Å². The van der Waals surface area contributed by atoms with E-state index in [0.29, 0.717) is 22.8 Å². The molecule has 1 saturated heterocycles. The third kappa shape index (κ3) is 5.05. The number of nitro groups is 1. The maximum Gasteiger partial charge on any atom is 0.319 e. The predicted octanol–water partition coefficient (Wildman–Crippen LogP) is 3.52. The molecular weight excluding hydrogens is 384 g/mol. The minimum atomic E-state index is -0.507. The van der Waals surface area contributed by atoms with E-state index in [2.05, 4.69) is 16.0 Å². The molecule has 1 aromatic heterocycles. The maximum absolute atomic E-state index is 12.3. The highest BCUT2D eigenvalue weighted by molar-refractivity contribution is 7.14. The summed E-state index contributed by atoms with van der Waals surface area (Å²) in [5, 5.41) is 19.1. The van der Waals surface area contributed by atoms with E-state index < -0.39 is 10.8 Å². The molecule has 148 valence electrons. The minimum absolute atomic E-state index is 0.0660. The average Bonchev–Trinajstić information content (AvgIpc) is 3.31. The highest BCUT2D eigenvalue weighted by Gasteiger charge is 2.19. The van der Waals surface area contributed by atoms with E-state index in [4.69, 9.17) is 4.74 Å². The molecule has 2 aromatic rings. The van der Waals surface area contributed by atoms with Gasteiger partial charge >= 0.3 is 6.03 Å². The number of hydrogen-bond acceptors (Lipinski definition) is 6. The summed E-state index contributed by atoms with van der Waals surface area (Å²) >= 11 is 1.07. The van der Waals surface area contributed by atoms with Gasteiger partial charge in [-0.1, -0.05) is 0 Å². The van der Waals surface area contributed by atoms with E-state index in [1.807, 2.05) is 0 Å². The second-order valence-corrected chi connectivity index (χ2v) is 7.57. The first-order valence-corrected chi connectivity index (χ1v) is 9.56. The molecule has 3 N–H and O–H groups in total. The molecule has 1 unspecified atom stereocenters. The fourth-order valence-electron chi connectivity index (χ4n) is 2.78. The van der Waals surface area contributed by atoms with Crippen LogP contribution in [0.4, 0.5) is 21.9 Å². The lowest BCUT2D eigenvalue weighted by atomic mass is 10.2. The number of rotatable bonds is 6. The van der Waals surface area contributed by atoms with Crippen LogP contribution in [0.5, 0.6) is 0 Å². The van der Waals surface area contributed by atoms with Crippen molar-refractivity contribution >= 4 is 40.3 Å². The van der Waals surface area contributed by atoms with Crippen LogP contribution >= 0.6 is 11.3 Å². The van der Waals surface area contributed by atoms with E-state index in [1.165, 1.54) is 6.07 Å². The van der Waals surface area contributed by atoms with Crippen LogP contribution in [0.2, 0.25) is 0 Å². The largest absolute Gasteiger partial charge is 0.376 e. The van der Waals surface area contributed by atoms with Gasteiger partial charge in [0.2, 0.25) is 0 Å². The molecule has 28 heavy (non-hydrogen) atoms. The second kappa shape index (κ2) is 8.81. The number of nitrogens with zero attached hydrogens (tertiary/aromatic N) is 1. The number of carbonyl (C=O) groups excluding carboxylic acids is 2. The quantitative estimate of drug-likeness (QED) is 0.502. The number of benzene rings is 1. The predicted molar refractivity (Wildman–Crippen MR) is 106 cm³/mol. The Morgan fingerprint density at radius 1 is 1.25 bits per heavy atom. The first-order chi connectivity index (χ1) is 13.4. The number of carbonyl (C=O) groups is 2. The second-order valence-electron chi connectivity index (χ2n) is 6.31. The number of nitrogens with one attached hydrogen (secondary N) is 3. The maximum atomic E-state index is 12.3. The van der Waals surface area contributed by atoms with Crippen molar-refractivity contribution in [3.8, 4) is 0 Å². The van der Waals surface area contributed by atoms with Gasteiger partial charge in [-0.3, -0.25) is 14.9 Å². The Labute approximate surface area is 165 Å². The summed E-state index contributed by atoms with van der Waals surface area (Å²) in [6, 6.07) is 7.54. The molecule has 1 atom stereocenters. The summed E-state index contributed by atoms with van der Waals surface area (Å²) in [6.45, 7) is 2.80. The van der Waals surface area contributed by atoms with Crippen molar-refractivity contribution in [3.05, 3.63) is 50.2 Å². The number of amides is 3. The van der Waals surface area contributed by atoms with Gasteiger partial charge in [0.05, 0.1) is 20.8 Å². The summed E-state index contributed by atoms with van der Waals surface area (Å²) in [5.41, 5.74) is 1.03. The standard InChI is InChI=1S/C18H20N4O5S/c1-11-15(22(25)26)9-16(28-11)17(23)20-12-4-6-13(7-5-12)21-18(24)19-10-14-3-2-8-27-14/h4-7,9,14H,2-3,8,10H2,1H3,(H,20,23)(H2,19,21,24). The van der Waals surface area contributed by atoms with E-state index in [-0.39, 0.29) is 22.7 Å². The fourth-order valence-corrected chi connectivity index (χ4v) is 3.66. The zero-order valence-corrected chi connectivity index (χ0v) is 16.0. The fraction of sp³-hybridized carbons (Fsp3) is 0.333. The summed E-state index contributed by atoms with van der Waals surface area (Å²) in [7, 11) is 0. The number of hydrogen-bond donors (Lipinski definition) is 3. The zero-order chi connectivity index (χ0) is 20.1. The smallest absolute Gasteiger partial charge is 0.319 e. The molecule has 2 heterocycles. The van der Waals surface area contributed by atoms with Gasteiger partial charge in [-0.25, -0.2) is 4.79 Å². The third-order valence-electron chi connectivity index (χ3n) is 4.23. The molecule has 1 aliphatic rings. The molecule has 3 amide bonds. The average molecular weight is 404 g/mol. The summed E-state index contributed by atoms with van der Waals surface area (Å²) < 4.78 is 5.45. The Morgan fingerprint density at radius 2 is 1.93 bits per heavy atom. The van der Waals surface area contributed by atoms with Crippen molar-refractivity contribution < 1.29 is 19.2 Å². The molecule has 1 fully saturated rings. The molecular formula is C18H20N4O5S. The van der Waals surface area contributed by atoms with Crippen LogP contribution in [0.15, 0.2) is 30.3 Å². The van der Waals surface area contributed by atoms with Gasteiger partial charge in [-0.05, 0) is 44.0 Å². The summed E-state index contributed by atoms with van der Waals surface area (Å²) in [4.78, 5) is 35.3. The SMILES string of the molecule is Cc1sc(C(=O)Nc2ccc(NC(=O)NCC3CCCO3)cc2)cc1[N+](=O)[O-]. The number of ether oxygens (including phenoxy) is 1. The van der Waals surface area contributed by atoms with Crippen molar-refractivity contribution in [2.24, 2.45) is 0 Å². The molecule has 0 aliphatic carbocycles. The molecule has 0 radical (unpaired) electrons. The van der Waals surface area contributed by atoms with Gasteiger partial charge in [0.15, 0.2) is 0 Å². The lowest BCUT2D eigenvalue weighted by Gasteiger charge is -2.12. The Kier molecular flexibility index (Phi) is 6.22. The van der Waals surface area contributed by atoms with Crippen LogP contribution in [0, 0.1) is 17.0 Å². The van der Waals surface area contributed by atoms with Crippen LogP contribution < -0.4 is 16.0 Å². The van der Waals surface area contributed by atoms with E-state index in [9.17, 15) is 19.7 Å². The van der Waals surface area contributed by atoms with Crippen LogP contribution in [-0.2, 0) is 4.74 Å². The van der Waals surface area contributed by atoms with Crippen LogP contribution in [0.1, 0.15) is 27.4 Å². The highest BCUT2D eigenvalue weighted by Crippen LogP contribution is 2.28. The zero-order valence-electron chi connectivity index (χ0n) is 15.2. The van der Waals surface area contributed by atoms with Crippen molar-refractivity contribution in [3.63, 3.8) is 0 Å². The molecule has 3 rings (SSSR count). The Morgan fingerprint density at radius 3 is 2.50 bits per heavy atom. The molecule has 0 bridgehead atoms. The topological polar surface area (TPSA) is 123 Å². The normalized spacial score (nSPS) is 15.8. The molecule has 10 heteroatoms. The van der Waals surface area contributed by atoms with Gasteiger partial charge < -0.3 is 20.7 Å². The third-order valence-corrected chi connectivity index (χ3v) is 5.27. The van der Waals surface area contributed by atoms with Crippen molar-refractivity contribution in [1.82, 2.24) is 5.32 Å². The Balaban J connectivity index is 1.52. The molecule has 0 saturated carbocycles. The molecule has 1 aromatic carbocycles. The van der Waals surface area contributed by atoms with Gasteiger partial charge in [-0.15, -0.1) is 11.3 Å². The number of aryl methyl sites for hydroxylation is 1. The van der Waals surface area contributed by atoms with Gasteiger partial charge in [0, 0.05) is 30.6 Å². The summed E-state index contributed by atoms with van der Waals surface area (Å²) in [5.74, 6) is -0.420. The minimum Gasteiger partial charge on any atom is -0.376 e.